The molecule has 1 aromatic carbocycles. The number of aryl methyl sites for hydroxylation is 1. The molecule has 4 atom stereocenters. The third kappa shape index (κ3) is 0.538. The zero-order valence-electron chi connectivity index (χ0n) is 8.62. The van der Waals surface area contributed by atoms with Crippen molar-refractivity contribution in [2.45, 2.75) is 25.7 Å². The molecule has 3 aliphatic rings. The number of rotatable bonds is 0. The summed E-state index contributed by atoms with van der Waals surface area (Å²) < 4.78 is 0. The van der Waals surface area contributed by atoms with Crippen LogP contribution in [0.15, 0.2) is 30.4 Å². The Hall–Kier alpha value is -1.04. The van der Waals surface area contributed by atoms with Crippen molar-refractivity contribution in [3.63, 3.8) is 0 Å². The maximum atomic E-state index is 2.46. The molecule has 0 bridgehead atoms. The lowest BCUT2D eigenvalue weighted by molar-refractivity contribution is 0.616. The first-order chi connectivity index (χ1) is 6.73. The van der Waals surface area contributed by atoms with Crippen LogP contribution in [0.2, 0.25) is 0 Å². The summed E-state index contributed by atoms with van der Waals surface area (Å²) in [4.78, 5) is 0. The van der Waals surface area contributed by atoms with E-state index in [0.29, 0.717) is 5.41 Å². The Morgan fingerprint density at radius 3 is 3.00 bits per heavy atom. The van der Waals surface area contributed by atoms with E-state index >= 15 is 0 Å². The molecule has 0 radical (unpaired) electrons. The van der Waals surface area contributed by atoms with Crippen LogP contribution in [0.5, 0.6) is 0 Å². The minimum Gasteiger partial charge on any atom is -0.0810 e. The summed E-state index contributed by atoms with van der Waals surface area (Å²) >= 11 is 0. The van der Waals surface area contributed by atoms with E-state index in [1.807, 2.05) is 0 Å². The van der Waals surface area contributed by atoms with Gasteiger partial charge in [-0.15, -0.1) is 0 Å². The topological polar surface area (TPSA) is 0 Å². The first kappa shape index (κ1) is 7.28. The summed E-state index contributed by atoms with van der Waals surface area (Å²) in [6.45, 7) is 4.68. The maximum Gasteiger partial charge on any atom is 0.00665 e. The van der Waals surface area contributed by atoms with E-state index < -0.39 is 0 Å². The molecule has 0 nitrogen and oxygen atoms in total. The van der Waals surface area contributed by atoms with Gasteiger partial charge in [-0.25, -0.2) is 0 Å². The van der Waals surface area contributed by atoms with Gasteiger partial charge in [-0.05, 0) is 40.9 Å². The highest BCUT2D eigenvalue weighted by molar-refractivity contribution is 5.59. The molecule has 4 unspecified atom stereocenters. The molecule has 4 rings (SSSR count). The van der Waals surface area contributed by atoms with Crippen LogP contribution in [0.4, 0.5) is 0 Å². The van der Waals surface area contributed by atoms with Crippen molar-refractivity contribution >= 4 is 0 Å². The smallest absolute Gasteiger partial charge is 0.00665 e. The van der Waals surface area contributed by atoms with Crippen molar-refractivity contribution in [2.24, 2.45) is 11.3 Å². The molecule has 70 valence electrons. The van der Waals surface area contributed by atoms with Crippen LogP contribution in [0.3, 0.4) is 0 Å². The fraction of sp³-hybridized carbons (Fsp3) is 0.429. The zero-order valence-corrected chi connectivity index (χ0v) is 8.62. The van der Waals surface area contributed by atoms with Gasteiger partial charge in [0.05, 0.1) is 0 Å². The third-order valence-corrected chi connectivity index (χ3v) is 4.71. The Kier molecular flexibility index (Phi) is 0.955. The van der Waals surface area contributed by atoms with E-state index in [4.69, 9.17) is 0 Å². The molecule has 0 N–H and O–H groups in total. The largest absolute Gasteiger partial charge is 0.0810 e. The Morgan fingerprint density at radius 2 is 2.14 bits per heavy atom. The van der Waals surface area contributed by atoms with Gasteiger partial charge in [0.15, 0.2) is 0 Å². The van der Waals surface area contributed by atoms with Gasteiger partial charge in [0.25, 0.3) is 0 Å². The molecule has 0 heterocycles. The Balaban J connectivity index is 2.04. The highest BCUT2D eigenvalue weighted by Crippen LogP contribution is 2.79. The maximum absolute atomic E-state index is 2.46. The van der Waals surface area contributed by atoms with Crippen LogP contribution in [-0.4, -0.2) is 0 Å². The molecular weight excluding hydrogens is 168 g/mol. The number of benzene rings is 1. The van der Waals surface area contributed by atoms with E-state index in [1.54, 1.807) is 11.1 Å². The summed E-state index contributed by atoms with van der Waals surface area (Å²) in [6, 6.07) is 6.82. The third-order valence-electron chi connectivity index (χ3n) is 4.71. The molecule has 1 fully saturated rings. The van der Waals surface area contributed by atoms with Crippen LogP contribution in [0.25, 0.3) is 0 Å². The van der Waals surface area contributed by atoms with Crippen molar-refractivity contribution in [2.75, 3.05) is 0 Å². The summed E-state index contributed by atoms with van der Waals surface area (Å²) in [5.74, 6) is 2.52. The minimum atomic E-state index is 0.533. The summed E-state index contributed by atoms with van der Waals surface area (Å²) in [6.07, 6.45) is 4.91. The van der Waals surface area contributed by atoms with Gasteiger partial charge in [-0.3, -0.25) is 0 Å². The molecule has 0 heteroatoms. The van der Waals surface area contributed by atoms with Gasteiger partial charge in [0.1, 0.15) is 0 Å². The second-order valence-corrected chi connectivity index (χ2v) is 5.33. The monoisotopic (exact) mass is 182 g/mol. The summed E-state index contributed by atoms with van der Waals surface area (Å²) in [5, 5.41) is 0. The normalized spacial score (nSPS) is 45.1. The lowest BCUT2D eigenvalue weighted by Crippen LogP contribution is -2.01. The van der Waals surface area contributed by atoms with Gasteiger partial charge in [-0.1, -0.05) is 37.3 Å². The summed E-state index contributed by atoms with van der Waals surface area (Å²) in [7, 11) is 0. The van der Waals surface area contributed by atoms with Crippen LogP contribution >= 0.6 is 0 Å². The fourth-order valence-corrected chi connectivity index (χ4v) is 4.04. The predicted molar refractivity (Wildman–Crippen MR) is 57.4 cm³/mol. The average molecular weight is 182 g/mol. The lowest BCUT2D eigenvalue weighted by Gasteiger charge is -2.14. The molecule has 3 aliphatic carbocycles. The van der Waals surface area contributed by atoms with Gasteiger partial charge < -0.3 is 0 Å². The Morgan fingerprint density at radius 1 is 1.29 bits per heavy atom. The highest BCUT2D eigenvalue weighted by atomic mass is 14.7. The standard InChI is InChI=1S/C14H14/c1-8-4-3-5-9-11(8)10-6-7-14(2)12(9)13(10)14/h3-7,10,12-13H,1-2H3. The Labute approximate surface area is 84.6 Å². The van der Waals surface area contributed by atoms with Crippen LogP contribution in [0.1, 0.15) is 35.4 Å². The predicted octanol–water partition coefficient (Wildman–Crippen LogP) is 3.38. The molecule has 1 aromatic rings. The molecule has 1 saturated carbocycles. The van der Waals surface area contributed by atoms with E-state index in [0.717, 1.165) is 17.8 Å². The van der Waals surface area contributed by atoms with Crippen molar-refractivity contribution in [3.05, 3.63) is 47.0 Å². The van der Waals surface area contributed by atoms with Crippen molar-refractivity contribution in [3.8, 4) is 0 Å². The van der Waals surface area contributed by atoms with Crippen LogP contribution in [0, 0.1) is 18.3 Å². The second kappa shape index (κ2) is 1.84. The minimum absolute atomic E-state index is 0.533. The van der Waals surface area contributed by atoms with E-state index in [2.05, 4.69) is 44.2 Å². The number of allylic oxidation sites excluding steroid dienone is 2. The van der Waals surface area contributed by atoms with E-state index in [-0.39, 0.29) is 0 Å². The van der Waals surface area contributed by atoms with Crippen molar-refractivity contribution in [1.29, 1.82) is 0 Å². The summed E-state index contributed by atoms with van der Waals surface area (Å²) in [5.41, 5.74) is 5.32. The molecule has 0 aromatic heterocycles. The first-order valence-corrected chi connectivity index (χ1v) is 5.52. The fourth-order valence-electron chi connectivity index (χ4n) is 4.04. The Bertz CT molecular complexity index is 469. The lowest BCUT2D eigenvalue weighted by atomic mass is 9.90. The van der Waals surface area contributed by atoms with Gasteiger partial charge in [0, 0.05) is 5.92 Å². The SMILES string of the molecule is Cc1cccc2c1C1C=CC3(C)C2C13. The molecular formula is C14H14. The molecule has 0 amide bonds. The van der Waals surface area contributed by atoms with Gasteiger partial charge in [-0.2, -0.15) is 0 Å². The number of fused-ring (bicyclic) bond motifs is 4. The van der Waals surface area contributed by atoms with E-state index in [9.17, 15) is 0 Å². The van der Waals surface area contributed by atoms with Gasteiger partial charge >= 0.3 is 0 Å². The average Bonchev–Trinajstić information content (AvgIpc) is 2.50. The molecule has 0 saturated heterocycles. The second-order valence-electron chi connectivity index (χ2n) is 5.33. The first-order valence-electron chi connectivity index (χ1n) is 5.52. The molecule has 14 heavy (non-hydrogen) atoms. The van der Waals surface area contributed by atoms with E-state index in [1.165, 1.54) is 5.56 Å². The number of hydrogen-bond donors (Lipinski definition) is 0. The zero-order chi connectivity index (χ0) is 9.50. The molecule has 0 aliphatic heterocycles. The molecule has 0 spiro atoms. The van der Waals surface area contributed by atoms with Crippen molar-refractivity contribution in [1.82, 2.24) is 0 Å². The number of hydrogen-bond acceptors (Lipinski definition) is 0. The van der Waals surface area contributed by atoms with Gasteiger partial charge in [0.2, 0.25) is 0 Å². The van der Waals surface area contributed by atoms with Crippen molar-refractivity contribution < 1.29 is 0 Å². The quantitative estimate of drug-likeness (QED) is 0.539. The highest BCUT2D eigenvalue weighted by Gasteiger charge is 2.69. The van der Waals surface area contributed by atoms with Crippen LogP contribution < -0.4 is 0 Å². The van der Waals surface area contributed by atoms with Crippen LogP contribution in [-0.2, 0) is 0 Å².